The van der Waals surface area contributed by atoms with Crippen LogP contribution >= 0.6 is 24.2 Å². The lowest BCUT2D eigenvalue weighted by molar-refractivity contribution is 0.588. The van der Waals surface area contributed by atoms with Gasteiger partial charge in [0.15, 0.2) is 15.7 Å². The lowest BCUT2D eigenvalue weighted by atomic mass is 10.3. The van der Waals surface area contributed by atoms with Crippen molar-refractivity contribution in [1.29, 1.82) is 0 Å². The molecule has 0 bridgehead atoms. The number of nitrogens with one attached hydrogen (secondary N) is 2. The molecule has 24 heavy (non-hydrogen) atoms. The Morgan fingerprint density at radius 1 is 1.29 bits per heavy atom. The summed E-state index contributed by atoms with van der Waals surface area (Å²) in [7, 11) is -3.44. The predicted molar refractivity (Wildman–Crippen MR) is 101 cm³/mol. The van der Waals surface area contributed by atoms with E-state index in [0.717, 1.165) is 0 Å². The lowest BCUT2D eigenvalue weighted by Crippen LogP contribution is -2.16. The topological polar surface area (TPSA) is 84.0 Å². The summed E-state index contributed by atoms with van der Waals surface area (Å²) in [5.74, 6) is 1.35. The van der Waals surface area contributed by atoms with Gasteiger partial charge in [-0.1, -0.05) is 23.7 Å². The molecule has 0 saturated carbocycles. The molecule has 0 spiro atoms. The van der Waals surface area contributed by atoms with Crippen LogP contribution in [0, 0.1) is 0 Å². The third-order valence-electron chi connectivity index (χ3n) is 3.21. The molecule has 130 valence electrons. The Morgan fingerprint density at radius 3 is 2.67 bits per heavy atom. The van der Waals surface area contributed by atoms with Gasteiger partial charge in [-0.05, 0) is 26.0 Å². The average Bonchev–Trinajstić information content (AvgIpc) is 2.55. The van der Waals surface area contributed by atoms with Crippen molar-refractivity contribution in [3.8, 4) is 0 Å². The highest BCUT2D eigenvalue weighted by atomic mass is 35.5. The van der Waals surface area contributed by atoms with Crippen molar-refractivity contribution >= 4 is 51.5 Å². The summed E-state index contributed by atoms with van der Waals surface area (Å²) >= 11 is 10.2. The second-order valence-electron chi connectivity index (χ2n) is 5.26. The standard InChI is InChI=1S/C15H19ClN4O2S2/c1-10(2)24(21,22)13-6-4-3-5-12(13)19-14-11(16)9-18-15(20-14)17-7-8-23/h3-6,9-10,23H,7-8H2,1-2H3,(H2,17,18,19,20). The van der Waals surface area contributed by atoms with Crippen LogP contribution in [0.2, 0.25) is 5.02 Å². The highest BCUT2D eigenvalue weighted by Gasteiger charge is 2.23. The molecule has 0 aliphatic carbocycles. The van der Waals surface area contributed by atoms with Crippen molar-refractivity contribution in [2.45, 2.75) is 24.0 Å². The summed E-state index contributed by atoms with van der Waals surface area (Å²) in [5, 5.41) is 5.75. The van der Waals surface area contributed by atoms with Crippen LogP contribution in [-0.2, 0) is 9.84 Å². The number of nitrogens with zero attached hydrogens (tertiary/aromatic N) is 2. The number of aromatic nitrogens is 2. The van der Waals surface area contributed by atoms with Gasteiger partial charge in [0.05, 0.1) is 22.0 Å². The van der Waals surface area contributed by atoms with Crippen LogP contribution in [0.15, 0.2) is 35.4 Å². The number of rotatable bonds is 7. The molecule has 0 fully saturated rings. The zero-order valence-corrected chi connectivity index (χ0v) is 15.8. The van der Waals surface area contributed by atoms with Crippen LogP contribution in [0.3, 0.4) is 0 Å². The minimum Gasteiger partial charge on any atom is -0.353 e. The number of hydrogen-bond donors (Lipinski definition) is 3. The molecule has 0 atom stereocenters. The minimum atomic E-state index is -3.44. The summed E-state index contributed by atoms with van der Waals surface area (Å²) in [5.41, 5.74) is 0.423. The highest BCUT2D eigenvalue weighted by molar-refractivity contribution is 7.92. The molecule has 0 amide bonds. The molecule has 1 heterocycles. The van der Waals surface area contributed by atoms with Crippen molar-refractivity contribution in [1.82, 2.24) is 9.97 Å². The fraction of sp³-hybridized carbons (Fsp3) is 0.333. The van der Waals surface area contributed by atoms with Crippen LogP contribution in [0.5, 0.6) is 0 Å². The molecule has 2 aromatic rings. The second kappa shape index (κ2) is 8.04. The van der Waals surface area contributed by atoms with Crippen molar-refractivity contribution in [2.75, 3.05) is 22.9 Å². The van der Waals surface area contributed by atoms with Crippen molar-refractivity contribution in [3.63, 3.8) is 0 Å². The SMILES string of the molecule is CC(C)S(=O)(=O)c1ccccc1Nc1nc(NCCS)ncc1Cl. The van der Waals surface area contributed by atoms with Crippen LogP contribution in [0.4, 0.5) is 17.5 Å². The first-order valence-corrected chi connectivity index (χ1v) is 9.89. The zero-order valence-electron chi connectivity index (χ0n) is 13.3. The molecule has 2 rings (SSSR count). The first-order valence-electron chi connectivity index (χ1n) is 7.33. The van der Waals surface area contributed by atoms with Crippen LogP contribution in [0.25, 0.3) is 0 Å². The zero-order chi connectivity index (χ0) is 17.7. The maximum atomic E-state index is 12.5. The van der Waals surface area contributed by atoms with E-state index in [9.17, 15) is 8.42 Å². The Balaban J connectivity index is 2.39. The third kappa shape index (κ3) is 4.31. The Kier molecular flexibility index (Phi) is 6.31. The molecule has 0 radical (unpaired) electrons. The maximum absolute atomic E-state index is 12.5. The minimum absolute atomic E-state index is 0.208. The number of anilines is 3. The molecule has 1 aromatic heterocycles. The fourth-order valence-electron chi connectivity index (χ4n) is 1.91. The van der Waals surface area contributed by atoms with Gasteiger partial charge < -0.3 is 10.6 Å². The van der Waals surface area contributed by atoms with E-state index in [0.29, 0.717) is 34.8 Å². The van der Waals surface area contributed by atoms with E-state index >= 15 is 0 Å². The number of benzene rings is 1. The molecule has 0 unspecified atom stereocenters. The molecular formula is C15H19ClN4O2S2. The quantitative estimate of drug-likeness (QED) is 0.632. The maximum Gasteiger partial charge on any atom is 0.224 e. The summed E-state index contributed by atoms with van der Waals surface area (Å²) in [6.45, 7) is 3.88. The van der Waals surface area contributed by atoms with Crippen LogP contribution < -0.4 is 10.6 Å². The molecule has 6 nitrogen and oxygen atoms in total. The summed E-state index contributed by atoms with van der Waals surface area (Å²) in [4.78, 5) is 8.56. The van der Waals surface area contributed by atoms with Gasteiger partial charge in [-0.3, -0.25) is 0 Å². The fourth-order valence-corrected chi connectivity index (χ4v) is 3.36. The first kappa shape index (κ1) is 18.8. The smallest absolute Gasteiger partial charge is 0.224 e. The highest BCUT2D eigenvalue weighted by Crippen LogP contribution is 2.30. The van der Waals surface area contributed by atoms with Gasteiger partial charge in [-0.2, -0.15) is 17.6 Å². The summed E-state index contributed by atoms with van der Waals surface area (Å²) in [6.07, 6.45) is 1.46. The number of hydrogen-bond acceptors (Lipinski definition) is 7. The summed E-state index contributed by atoms with van der Waals surface area (Å²) < 4.78 is 25.0. The van der Waals surface area contributed by atoms with Gasteiger partial charge in [0, 0.05) is 12.3 Å². The molecule has 1 aromatic carbocycles. The van der Waals surface area contributed by atoms with E-state index in [-0.39, 0.29) is 4.90 Å². The molecule has 0 saturated heterocycles. The van der Waals surface area contributed by atoms with Gasteiger partial charge in [0.2, 0.25) is 5.95 Å². The second-order valence-corrected chi connectivity index (χ2v) is 8.58. The molecule has 2 N–H and O–H groups in total. The average molecular weight is 387 g/mol. The van der Waals surface area contributed by atoms with Crippen LogP contribution in [-0.4, -0.2) is 35.9 Å². The molecule has 0 aliphatic heterocycles. The largest absolute Gasteiger partial charge is 0.353 e. The van der Waals surface area contributed by atoms with Crippen molar-refractivity contribution < 1.29 is 8.42 Å². The van der Waals surface area contributed by atoms with E-state index in [4.69, 9.17) is 11.6 Å². The van der Waals surface area contributed by atoms with Crippen LogP contribution in [0.1, 0.15) is 13.8 Å². The Morgan fingerprint density at radius 2 is 2.00 bits per heavy atom. The molecule has 9 heteroatoms. The Bertz CT molecular complexity index is 813. The third-order valence-corrected chi connectivity index (χ3v) is 5.92. The number of sulfone groups is 1. The van der Waals surface area contributed by atoms with E-state index in [1.807, 2.05) is 0 Å². The van der Waals surface area contributed by atoms with Crippen molar-refractivity contribution in [2.24, 2.45) is 0 Å². The van der Waals surface area contributed by atoms with E-state index in [1.165, 1.54) is 6.20 Å². The number of halogens is 1. The van der Waals surface area contributed by atoms with Gasteiger partial charge in [0.25, 0.3) is 0 Å². The first-order chi connectivity index (χ1) is 11.4. The van der Waals surface area contributed by atoms with Gasteiger partial charge in [-0.25, -0.2) is 13.4 Å². The summed E-state index contributed by atoms with van der Waals surface area (Å²) in [6, 6.07) is 6.67. The van der Waals surface area contributed by atoms with Crippen molar-refractivity contribution in [3.05, 3.63) is 35.5 Å². The van der Waals surface area contributed by atoms with E-state index in [1.54, 1.807) is 38.1 Å². The Labute approximate surface area is 152 Å². The predicted octanol–water partition coefficient (Wildman–Crippen LogP) is 3.40. The van der Waals surface area contributed by atoms with E-state index in [2.05, 4.69) is 33.2 Å². The Hall–Kier alpha value is -1.51. The van der Waals surface area contributed by atoms with Gasteiger partial charge in [-0.15, -0.1) is 0 Å². The number of thiol groups is 1. The molecule has 0 aliphatic rings. The van der Waals surface area contributed by atoms with E-state index < -0.39 is 15.1 Å². The molecular weight excluding hydrogens is 368 g/mol. The monoisotopic (exact) mass is 386 g/mol. The lowest BCUT2D eigenvalue weighted by Gasteiger charge is -2.15. The number of para-hydroxylation sites is 1. The van der Waals surface area contributed by atoms with Gasteiger partial charge in [0.1, 0.15) is 5.02 Å². The van der Waals surface area contributed by atoms with Gasteiger partial charge >= 0.3 is 0 Å². The normalized spacial score (nSPS) is 11.5.